The molecule has 0 aliphatic heterocycles. The lowest BCUT2D eigenvalue weighted by atomic mass is 10.5. The van der Waals surface area contributed by atoms with Gasteiger partial charge in [0.1, 0.15) is 0 Å². The van der Waals surface area contributed by atoms with Gasteiger partial charge < -0.3 is 10.2 Å². The van der Waals surface area contributed by atoms with E-state index in [0.29, 0.717) is 6.61 Å². The fourth-order valence-corrected chi connectivity index (χ4v) is 0.332. The average Bonchev–Trinajstić information content (AvgIpc) is 1.69. The van der Waals surface area contributed by atoms with Crippen molar-refractivity contribution in [3.8, 4) is 0 Å². The normalized spacial score (nSPS) is 7.33. The Balaban J connectivity index is -0.000000180. The van der Waals surface area contributed by atoms with Gasteiger partial charge in [0.15, 0.2) is 0 Å². The molecule has 0 aromatic rings. The van der Waals surface area contributed by atoms with Crippen LogP contribution in [-0.4, -0.2) is 20.2 Å². The third-order valence-corrected chi connectivity index (χ3v) is 0.689. The molecule has 60 valence electrons. The van der Waals surface area contributed by atoms with E-state index in [9.17, 15) is 0 Å². The molecule has 0 spiro atoms. The van der Waals surface area contributed by atoms with Crippen molar-refractivity contribution in [2.45, 2.75) is 6.42 Å². The molecule has 0 fully saturated rings. The Morgan fingerprint density at radius 1 is 1.44 bits per heavy atom. The molecule has 5 heteroatoms. The van der Waals surface area contributed by atoms with Crippen molar-refractivity contribution < 1.29 is 4.84 Å². The number of halogens is 2. The molecule has 0 aromatic carbocycles. The topological polar surface area (TPSA) is 47.3 Å². The van der Waals surface area contributed by atoms with Crippen LogP contribution in [-0.2, 0) is 4.84 Å². The highest BCUT2D eigenvalue weighted by atomic mass is 35.5. The molecule has 0 saturated carbocycles. The zero-order valence-electron chi connectivity index (χ0n) is 5.42. The minimum Gasteiger partial charge on any atom is -0.320 e. The molecule has 0 amide bonds. The number of nitrogens with two attached hydrogens (primary N) is 1. The Bertz CT molecular complexity index is 35.7. The Morgan fingerprint density at radius 3 is 2.33 bits per heavy atom. The van der Waals surface area contributed by atoms with Crippen LogP contribution >= 0.6 is 24.8 Å². The zero-order valence-corrected chi connectivity index (χ0v) is 7.06. The van der Waals surface area contributed by atoms with Crippen LogP contribution in [0.1, 0.15) is 6.42 Å². The molecule has 0 bridgehead atoms. The van der Waals surface area contributed by atoms with Crippen LogP contribution in [0.3, 0.4) is 0 Å². The van der Waals surface area contributed by atoms with Crippen molar-refractivity contribution in [2.24, 2.45) is 5.90 Å². The van der Waals surface area contributed by atoms with Gasteiger partial charge in [-0.2, -0.15) is 0 Å². The van der Waals surface area contributed by atoms with E-state index in [1.54, 1.807) is 0 Å². The molecule has 0 aliphatic carbocycles. The minimum absolute atomic E-state index is 0. The lowest BCUT2D eigenvalue weighted by molar-refractivity contribution is 0.135. The molecular formula is C4H14Cl2N2O. The second kappa shape index (κ2) is 15.8. The standard InChI is InChI=1S/C4H12N2O.2ClH/c1-6-3-2-4-7-5;;/h6H,2-5H2,1H3;2*1H. The van der Waals surface area contributed by atoms with Gasteiger partial charge in [0.2, 0.25) is 0 Å². The molecule has 0 heterocycles. The molecule has 0 aliphatic rings. The summed E-state index contributed by atoms with van der Waals surface area (Å²) in [6.45, 7) is 1.61. The number of hydrogen-bond donors (Lipinski definition) is 2. The second-order valence-electron chi connectivity index (χ2n) is 1.33. The smallest absolute Gasteiger partial charge is 0.0691 e. The van der Waals surface area contributed by atoms with Crippen molar-refractivity contribution in [3.05, 3.63) is 0 Å². The van der Waals surface area contributed by atoms with Crippen LogP contribution in [0.5, 0.6) is 0 Å². The Hall–Kier alpha value is 0.460. The second-order valence-corrected chi connectivity index (χ2v) is 1.33. The lowest BCUT2D eigenvalue weighted by Gasteiger charge is -1.94. The Kier molecular flexibility index (Phi) is 28.5. The molecule has 0 aromatic heterocycles. The quantitative estimate of drug-likeness (QED) is 0.480. The fourth-order valence-electron chi connectivity index (χ4n) is 0.332. The first kappa shape index (κ1) is 16.2. The average molecular weight is 177 g/mol. The molecule has 9 heavy (non-hydrogen) atoms. The summed E-state index contributed by atoms with van der Waals surface area (Å²) >= 11 is 0. The van der Waals surface area contributed by atoms with Gasteiger partial charge in [0.25, 0.3) is 0 Å². The first-order valence-corrected chi connectivity index (χ1v) is 2.38. The molecule has 0 atom stereocenters. The van der Waals surface area contributed by atoms with E-state index >= 15 is 0 Å². The van der Waals surface area contributed by atoms with Crippen molar-refractivity contribution >= 4 is 24.8 Å². The van der Waals surface area contributed by atoms with E-state index in [0.717, 1.165) is 13.0 Å². The molecule has 0 unspecified atom stereocenters. The highest BCUT2D eigenvalue weighted by molar-refractivity contribution is 5.85. The molecule has 0 radical (unpaired) electrons. The van der Waals surface area contributed by atoms with Gasteiger partial charge in [-0.25, -0.2) is 5.90 Å². The monoisotopic (exact) mass is 176 g/mol. The Labute approximate surface area is 68.1 Å². The van der Waals surface area contributed by atoms with Crippen LogP contribution in [0.25, 0.3) is 0 Å². The number of nitrogens with one attached hydrogen (secondary N) is 1. The van der Waals surface area contributed by atoms with E-state index in [1.807, 2.05) is 7.05 Å². The van der Waals surface area contributed by atoms with Gasteiger partial charge >= 0.3 is 0 Å². The van der Waals surface area contributed by atoms with Crippen LogP contribution < -0.4 is 11.2 Å². The predicted molar refractivity (Wildman–Crippen MR) is 43.2 cm³/mol. The summed E-state index contributed by atoms with van der Waals surface area (Å²) in [5.41, 5.74) is 0. The molecule has 0 saturated heterocycles. The maximum absolute atomic E-state index is 4.74. The summed E-state index contributed by atoms with van der Waals surface area (Å²) in [5, 5.41) is 2.97. The first-order chi connectivity index (χ1) is 3.41. The van der Waals surface area contributed by atoms with Crippen molar-refractivity contribution in [2.75, 3.05) is 20.2 Å². The third-order valence-electron chi connectivity index (χ3n) is 0.689. The van der Waals surface area contributed by atoms with Crippen molar-refractivity contribution in [1.82, 2.24) is 5.32 Å². The molecule has 0 rings (SSSR count). The zero-order chi connectivity index (χ0) is 5.54. The maximum atomic E-state index is 4.74. The van der Waals surface area contributed by atoms with E-state index in [1.165, 1.54) is 0 Å². The van der Waals surface area contributed by atoms with E-state index in [2.05, 4.69) is 10.2 Å². The van der Waals surface area contributed by atoms with Crippen LogP contribution in [0.4, 0.5) is 0 Å². The van der Waals surface area contributed by atoms with Gasteiger partial charge in [-0.15, -0.1) is 24.8 Å². The van der Waals surface area contributed by atoms with Gasteiger partial charge in [-0.1, -0.05) is 0 Å². The van der Waals surface area contributed by atoms with Gasteiger partial charge in [-0.05, 0) is 20.0 Å². The van der Waals surface area contributed by atoms with Crippen molar-refractivity contribution in [3.63, 3.8) is 0 Å². The van der Waals surface area contributed by atoms with Gasteiger partial charge in [0.05, 0.1) is 6.61 Å². The molecular weight excluding hydrogens is 163 g/mol. The van der Waals surface area contributed by atoms with Crippen LogP contribution in [0.15, 0.2) is 0 Å². The highest BCUT2D eigenvalue weighted by Crippen LogP contribution is 1.71. The van der Waals surface area contributed by atoms with E-state index in [4.69, 9.17) is 5.90 Å². The summed E-state index contributed by atoms with van der Waals surface area (Å²) in [4.78, 5) is 4.30. The minimum atomic E-state index is 0. The van der Waals surface area contributed by atoms with Gasteiger partial charge in [-0.3, -0.25) is 0 Å². The van der Waals surface area contributed by atoms with Gasteiger partial charge in [0, 0.05) is 0 Å². The third kappa shape index (κ3) is 17.7. The van der Waals surface area contributed by atoms with E-state index < -0.39 is 0 Å². The fraction of sp³-hybridized carbons (Fsp3) is 1.00. The summed E-state index contributed by atoms with van der Waals surface area (Å²) in [6.07, 6.45) is 0.979. The summed E-state index contributed by atoms with van der Waals surface area (Å²) in [5.74, 6) is 4.74. The molecule has 3 N–H and O–H groups in total. The Morgan fingerprint density at radius 2 is 2.00 bits per heavy atom. The SMILES string of the molecule is CNCCCON.Cl.Cl. The largest absolute Gasteiger partial charge is 0.320 e. The highest BCUT2D eigenvalue weighted by Gasteiger charge is 1.79. The predicted octanol–water partition coefficient (Wildman–Crippen LogP) is 0.330. The summed E-state index contributed by atoms with van der Waals surface area (Å²) < 4.78 is 0. The molecule has 3 nitrogen and oxygen atoms in total. The summed E-state index contributed by atoms with van der Waals surface area (Å²) in [7, 11) is 1.90. The number of rotatable bonds is 4. The number of hydrogen-bond acceptors (Lipinski definition) is 3. The van der Waals surface area contributed by atoms with Crippen molar-refractivity contribution in [1.29, 1.82) is 0 Å². The van der Waals surface area contributed by atoms with Crippen LogP contribution in [0, 0.1) is 0 Å². The summed E-state index contributed by atoms with van der Waals surface area (Å²) in [6, 6.07) is 0. The lowest BCUT2D eigenvalue weighted by Crippen LogP contribution is -2.11. The van der Waals surface area contributed by atoms with E-state index in [-0.39, 0.29) is 24.8 Å². The first-order valence-electron chi connectivity index (χ1n) is 2.38. The van der Waals surface area contributed by atoms with Crippen LogP contribution in [0.2, 0.25) is 0 Å². The maximum Gasteiger partial charge on any atom is 0.0691 e.